The molecule has 0 spiro atoms. The van der Waals surface area contributed by atoms with E-state index >= 15 is 0 Å². The number of anilines is 1. The van der Waals surface area contributed by atoms with Crippen LogP contribution in [0.25, 0.3) is 20.9 Å². The van der Waals surface area contributed by atoms with E-state index in [-0.39, 0.29) is 6.10 Å². The summed E-state index contributed by atoms with van der Waals surface area (Å²) >= 11 is 1.54. The SMILES string of the molecule is OC1CCN(c2ncc(-c3nc4cccnc4s3)cn2)CC1. The maximum atomic E-state index is 9.56. The van der Waals surface area contributed by atoms with E-state index in [9.17, 15) is 5.11 Å². The van der Waals surface area contributed by atoms with Crippen LogP contribution in [0, 0.1) is 0 Å². The van der Waals surface area contributed by atoms with Crippen LogP contribution in [0.4, 0.5) is 5.95 Å². The Bertz CT molecular complexity index is 747. The molecule has 0 bridgehead atoms. The maximum absolute atomic E-state index is 9.56. The molecule has 0 unspecified atom stereocenters. The van der Waals surface area contributed by atoms with Gasteiger partial charge in [0, 0.05) is 37.2 Å². The predicted molar refractivity (Wildman–Crippen MR) is 85.9 cm³/mol. The Morgan fingerprint density at radius 2 is 1.91 bits per heavy atom. The number of hydrogen-bond acceptors (Lipinski definition) is 7. The first kappa shape index (κ1) is 13.5. The normalized spacial score (nSPS) is 16.3. The van der Waals surface area contributed by atoms with Gasteiger partial charge in [0.1, 0.15) is 15.4 Å². The fraction of sp³-hybridized carbons (Fsp3) is 0.333. The molecule has 1 N–H and O–H groups in total. The van der Waals surface area contributed by atoms with Crippen molar-refractivity contribution < 1.29 is 5.11 Å². The molecular weight excluding hydrogens is 298 g/mol. The molecule has 0 radical (unpaired) electrons. The number of aromatic nitrogens is 4. The monoisotopic (exact) mass is 313 g/mol. The van der Waals surface area contributed by atoms with Crippen molar-refractivity contribution in [2.24, 2.45) is 0 Å². The molecule has 22 heavy (non-hydrogen) atoms. The van der Waals surface area contributed by atoms with Gasteiger partial charge in [0.25, 0.3) is 0 Å². The van der Waals surface area contributed by atoms with Crippen molar-refractivity contribution >= 4 is 27.6 Å². The lowest BCUT2D eigenvalue weighted by Crippen LogP contribution is -2.36. The molecule has 1 aliphatic heterocycles. The summed E-state index contributed by atoms with van der Waals surface area (Å²) in [6.45, 7) is 1.59. The van der Waals surface area contributed by atoms with Crippen molar-refractivity contribution in [3.8, 4) is 10.6 Å². The molecule has 0 aliphatic carbocycles. The number of nitrogens with zero attached hydrogens (tertiary/aromatic N) is 5. The standard InChI is InChI=1S/C15H15N5OS/c21-11-3-6-20(7-4-11)15-17-8-10(9-18-15)13-19-12-2-1-5-16-14(12)22-13/h1-2,5,8-9,11,21H,3-4,6-7H2. The summed E-state index contributed by atoms with van der Waals surface area (Å²) in [6.07, 6.45) is 6.75. The van der Waals surface area contributed by atoms with Crippen LogP contribution in [0.2, 0.25) is 0 Å². The Hall–Kier alpha value is -2.12. The van der Waals surface area contributed by atoms with E-state index in [1.54, 1.807) is 17.5 Å². The van der Waals surface area contributed by atoms with Crippen LogP contribution >= 0.6 is 11.3 Å². The van der Waals surface area contributed by atoms with Crippen LogP contribution in [0.5, 0.6) is 0 Å². The molecule has 6 nitrogen and oxygen atoms in total. The van der Waals surface area contributed by atoms with Crippen LogP contribution < -0.4 is 4.90 Å². The third kappa shape index (κ3) is 2.53. The summed E-state index contributed by atoms with van der Waals surface area (Å²) in [7, 11) is 0. The van der Waals surface area contributed by atoms with Crippen LogP contribution in [0.1, 0.15) is 12.8 Å². The number of pyridine rings is 1. The molecule has 3 aromatic heterocycles. The van der Waals surface area contributed by atoms with Gasteiger partial charge in [-0.3, -0.25) is 0 Å². The van der Waals surface area contributed by atoms with Gasteiger partial charge in [-0.05, 0) is 25.0 Å². The minimum Gasteiger partial charge on any atom is -0.393 e. The highest BCUT2D eigenvalue weighted by Gasteiger charge is 2.19. The first-order chi connectivity index (χ1) is 10.8. The number of thiazole rings is 1. The quantitative estimate of drug-likeness (QED) is 0.781. The average Bonchev–Trinajstić information content (AvgIpc) is 3.00. The van der Waals surface area contributed by atoms with Gasteiger partial charge in [0.05, 0.1) is 6.10 Å². The van der Waals surface area contributed by atoms with Crippen molar-refractivity contribution in [2.75, 3.05) is 18.0 Å². The zero-order valence-electron chi connectivity index (χ0n) is 11.9. The minimum atomic E-state index is -0.189. The molecule has 112 valence electrons. The second kappa shape index (κ2) is 5.58. The molecule has 1 aliphatic rings. The van der Waals surface area contributed by atoms with Gasteiger partial charge < -0.3 is 10.0 Å². The first-order valence-electron chi connectivity index (χ1n) is 7.26. The molecule has 0 amide bonds. The van der Waals surface area contributed by atoms with Crippen molar-refractivity contribution in [1.82, 2.24) is 19.9 Å². The zero-order valence-corrected chi connectivity index (χ0v) is 12.7. The second-order valence-electron chi connectivity index (χ2n) is 5.34. The highest BCUT2D eigenvalue weighted by atomic mass is 32.1. The van der Waals surface area contributed by atoms with Gasteiger partial charge in [-0.25, -0.2) is 19.9 Å². The Morgan fingerprint density at radius 3 is 2.64 bits per heavy atom. The van der Waals surface area contributed by atoms with Crippen LogP contribution in [0.15, 0.2) is 30.7 Å². The number of aliphatic hydroxyl groups excluding tert-OH is 1. The smallest absolute Gasteiger partial charge is 0.225 e. The number of fused-ring (bicyclic) bond motifs is 1. The minimum absolute atomic E-state index is 0.189. The second-order valence-corrected chi connectivity index (χ2v) is 6.31. The summed E-state index contributed by atoms with van der Waals surface area (Å²) in [5.74, 6) is 0.717. The molecule has 3 aromatic rings. The molecule has 4 rings (SSSR count). The largest absolute Gasteiger partial charge is 0.393 e. The van der Waals surface area contributed by atoms with Gasteiger partial charge in [-0.15, -0.1) is 0 Å². The van der Waals surface area contributed by atoms with E-state index in [4.69, 9.17) is 0 Å². The van der Waals surface area contributed by atoms with E-state index in [2.05, 4.69) is 24.8 Å². The first-order valence-corrected chi connectivity index (χ1v) is 8.08. The van der Waals surface area contributed by atoms with Crippen molar-refractivity contribution in [1.29, 1.82) is 0 Å². The van der Waals surface area contributed by atoms with Crippen molar-refractivity contribution in [3.63, 3.8) is 0 Å². The van der Waals surface area contributed by atoms with Crippen molar-refractivity contribution in [2.45, 2.75) is 18.9 Å². The molecule has 1 fully saturated rings. The maximum Gasteiger partial charge on any atom is 0.225 e. The van der Waals surface area contributed by atoms with Gasteiger partial charge in [0.2, 0.25) is 5.95 Å². The molecular formula is C15H15N5OS. The lowest BCUT2D eigenvalue weighted by Gasteiger charge is -2.29. The van der Waals surface area contributed by atoms with Gasteiger partial charge in [-0.1, -0.05) is 11.3 Å². The molecule has 4 heterocycles. The molecule has 0 saturated carbocycles. The fourth-order valence-electron chi connectivity index (χ4n) is 2.55. The Morgan fingerprint density at radius 1 is 1.14 bits per heavy atom. The third-order valence-electron chi connectivity index (χ3n) is 3.80. The number of piperidine rings is 1. The summed E-state index contributed by atoms with van der Waals surface area (Å²) in [5.41, 5.74) is 1.81. The molecule has 0 aromatic carbocycles. The van der Waals surface area contributed by atoms with Gasteiger partial charge >= 0.3 is 0 Å². The number of hydrogen-bond donors (Lipinski definition) is 1. The average molecular weight is 313 g/mol. The lowest BCUT2D eigenvalue weighted by molar-refractivity contribution is 0.145. The van der Waals surface area contributed by atoms with Crippen LogP contribution in [-0.4, -0.2) is 44.2 Å². The Balaban J connectivity index is 1.58. The highest BCUT2D eigenvalue weighted by molar-refractivity contribution is 7.21. The van der Waals surface area contributed by atoms with E-state index in [0.29, 0.717) is 0 Å². The third-order valence-corrected chi connectivity index (χ3v) is 4.83. The van der Waals surface area contributed by atoms with Crippen molar-refractivity contribution in [3.05, 3.63) is 30.7 Å². The van der Waals surface area contributed by atoms with E-state index in [1.165, 1.54) is 0 Å². The van der Waals surface area contributed by atoms with Gasteiger partial charge in [-0.2, -0.15) is 0 Å². The van der Waals surface area contributed by atoms with Crippen LogP contribution in [-0.2, 0) is 0 Å². The highest BCUT2D eigenvalue weighted by Crippen LogP contribution is 2.28. The lowest BCUT2D eigenvalue weighted by atomic mass is 10.1. The summed E-state index contributed by atoms with van der Waals surface area (Å²) < 4.78 is 0. The van der Waals surface area contributed by atoms with E-state index in [1.807, 2.05) is 24.5 Å². The zero-order chi connectivity index (χ0) is 14.9. The van der Waals surface area contributed by atoms with Crippen LogP contribution in [0.3, 0.4) is 0 Å². The Kier molecular flexibility index (Phi) is 3.44. The molecule has 7 heteroatoms. The summed E-state index contributed by atoms with van der Waals surface area (Å²) in [4.78, 5) is 20.8. The van der Waals surface area contributed by atoms with E-state index < -0.39 is 0 Å². The number of aliphatic hydroxyl groups is 1. The topological polar surface area (TPSA) is 75.0 Å². The summed E-state index contributed by atoms with van der Waals surface area (Å²) in [5, 5.41) is 10.4. The van der Waals surface area contributed by atoms with Gasteiger partial charge in [0.15, 0.2) is 0 Å². The number of rotatable bonds is 2. The van der Waals surface area contributed by atoms with E-state index in [0.717, 1.165) is 52.8 Å². The Labute approximate surface area is 131 Å². The molecule has 1 saturated heterocycles. The predicted octanol–water partition coefficient (Wildman–Crippen LogP) is 2.11. The fourth-order valence-corrected chi connectivity index (χ4v) is 3.44. The summed E-state index contributed by atoms with van der Waals surface area (Å²) in [6, 6.07) is 3.84. The molecule has 0 atom stereocenters.